The summed E-state index contributed by atoms with van der Waals surface area (Å²) in [5.74, 6) is 0. The molecule has 0 bridgehead atoms. The van der Waals surface area contributed by atoms with Gasteiger partial charge in [0.05, 0.1) is 28.5 Å². The van der Waals surface area contributed by atoms with Gasteiger partial charge in [-0.15, -0.1) is 0 Å². The third-order valence-corrected chi connectivity index (χ3v) is 3.53. The van der Waals surface area contributed by atoms with Crippen LogP contribution in [0, 0.1) is 18.3 Å². The fourth-order valence-electron chi connectivity index (χ4n) is 2.25. The van der Waals surface area contributed by atoms with E-state index in [0.29, 0.717) is 17.1 Å². The maximum Gasteiger partial charge on any atom is 0.137 e. The molecule has 1 aromatic carbocycles. The Morgan fingerprint density at radius 1 is 1.29 bits per heavy atom. The van der Waals surface area contributed by atoms with Gasteiger partial charge in [0.25, 0.3) is 0 Å². The molecule has 0 atom stereocenters. The lowest BCUT2D eigenvalue weighted by Gasteiger charge is -2.08. The highest BCUT2D eigenvalue weighted by atomic mass is 35.5. The molecule has 0 amide bonds. The fourth-order valence-corrected chi connectivity index (χ4v) is 2.42. The van der Waals surface area contributed by atoms with E-state index in [1.807, 2.05) is 54.0 Å². The molecular weight excluding hydrogens is 284 g/mol. The number of nitrogens with one attached hydrogen (secondary N) is 1. The van der Waals surface area contributed by atoms with Crippen LogP contribution in [0.15, 0.2) is 42.7 Å². The first-order valence-corrected chi connectivity index (χ1v) is 6.92. The van der Waals surface area contributed by atoms with Gasteiger partial charge < -0.3 is 9.72 Å². The molecule has 21 heavy (non-hydrogen) atoms. The number of hydrogen-bond acceptors (Lipinski definition) is 3. The molecule has 0 unspecified atom stereocenters. The lowest BCUT2D eigenvalue weighted by Crippen LogP contribution is -2.02. The Morgan fingerprint density at radius 3 is 2.95 bits per heavy atom. The predicted octanol–water partition coefficient (Wildman–Crippen LogP) is 3.78. The number of fused-ring (bicyclic) bond motifs is 1. The monoisotopic (exact) mass is 296 g/mol. The Hall–Kier alpha value is -2.51. The largest absolute Gasteiger partial charge is 0.378 e. The number of pyridine rings is 1. The van der Waals surface area contributed by atoms with Gasteiger partial charge in [0.2, 0.25) is 0 Å². The lowest BCUT2D eigenvalue weighted by molar-refractivity contribution is 1.08. The lowest BCUT2D eigenvalue weighted by atomic mass is 10.1. The maximum atomic E-state index is 9.22. The van der Waals surface area contributed by atoms with E-state index in [9.17, 15) is 5.26 Å². The second kappa shape index (κ2) is 5.47. The number of nitriles is 1. The minimum absolute atomic E-state index is 0.553. The van der Waals surface area contributed by atoms with Gasteiger partial charge in [0.1, 0.15) is 11.7 Å². The highest BCUT2D eigenvalue weighted by Crippen LogP contribution is 2.19. The molecule has 5 heteroatoms. The van der Waals surface area contributed by atoms with E-state index in [0.717, 1.165) is 22.6 Å². The van der Waals surface area contributed by atoms with E-state index in [2.05, 4.69) is 16.4 Å². The molecule has 104 valence electrons. The van der Waals surface area contributed by atoms with Crippen molar-refractivity contribution in [2.75, 3.05) is 5.32 Å². The van der Waals surface area contributed by atoms with Crippen molar-refractivity contribution in [1.82, 2.24) is 9.38 Å². The molecule has 0 saturated heterocycles. The molecule has 3 aromatic rings. The van der Waals surface area contributed by atoms with Crippen molar-refractivity contribution < 1.29 is 0 Å². The van der Waals surface area contributed by atoms with E-state index < -0.39 is 0 Å². The smallest absolute Gasteiger partial charge is 0.137 e. The van der Waals surface area contributed by atoms with Gasteiger partial charge in [0.15, 0.2) is 0 Å². The van der Waals surface area contributed by atoms with Crippen molar-refractivity contribution in [2.24, 2.45) is 0 Å². The van der Waals surface area contributed by atoms with Crippen LogP contribution < -0.4 is 5.32 Å². The molecular formula is C16H13ClN4. The van der Waals surface area contributed by atoms with Crippen LogP contribution in [0.4, 0.5) is 5.69 Å². The number of aromatic nitrogens is 2. The number of benzene rings is 1. The average molecular weight is 297 g/mol. The van der Waals surface area contributed by atoms with E-state index in [1.165, 1.54) is 0 Å². The summed E-state index contributed by atoms with van der Waals surface area (Å²) in [5, 5.41) is 13.2. The number of rotatable bonds is 3. The molecule has 0 spiro atoms. The Morgan fingerprint density at radius 2 is 2.14 bits per heavy atom. The zero-order valence-corrected chi connectivity index (χ0v) is 12.2. The van der Waals surface area contributed by atoms with Crippen LogP contribution in [0.5, 0.6) is 0 Å². The molecule has 4 nitrogen and oxygen atoms in total. The molecule has 0 aliphatic rings. The van der Waals surface area contributed by atoms with Gasteiger partial charge >= 0.3 is 0 Å². The van der Waals surface area contributed by atoms with Crippen molar-refractivity contribution >= 4 is 22.9 Å². The number of nitrogens with zero attached hydrogens (tertiary/aromatic N) is 3. The van der Waals surface area contributed by atoms with Gasteiger partial charge in [0, 0.05) is 12.4 Å². The van der Waals surface area contributed by atoms with E-state index in [4.69, 9.17) is 11.6 Å². The summed E-state index contributed by atoms with van der Waals surface area (Å²) in [7, 11) is 0. The first-order chi connectivity index (χ1) is 10.2. The standard InChI is InChI=1S/C16H13ClN4/c1-11-3-2-4-15(14(11)7-18)19-8-13-10-21-9-12(17)5-6-16(21)20-13/h2-6,9-10,19H,8H2,1H3. The molecule has 0 fully saturated rings. The maximum absolute atomic E-state index is 9.22. The summed E-state index contributed by atoms with van der Waals surface area (Å²) in [4.78, 5) is 4.51. The summed E-state index contributed by atoms with van der Waals surface area (Å²) in [6.45, 7) is 2.48. The number of anilines is 1. The summed E-state index contributed by atoms with van der Waals surface area (Å²) in [6, 6.07) is 11.7. The first kappa shape index (κ1) is 13.5. The minimum atomic E-state index is 0.553. The number of imidazole rings is 1. The van der Waals surface area contributed by atoms with Crippen molar-refractivity contribution in [3.63, 3.8) is 0 Å². The third-order valence-electron chi connectivity index (χ3n) is 3.31. The van der Waals surface area contributed by atoms with Crippen LogP contribution >= 0.6 is 11.6 Å². The van der Waals surface area contributed by atoms with E-state index >= 15 is 0 Å². The van der Waals surface area contributed by atoms with Crippen LogP contribution in [-0.4, -0.2) is 9.38 Å². The summed E-state index contributed by atoms with van der Waals surface area (Å²) < 4.78 is 1.89. The Kier molecular flexibility index (Phi) is 3.51. The molecule has 0 saturated carbocycles. The fraction of sp³-hybridized carbons (Fsp3) is 0.125. The van der Waals surface area contributed by atoms with Crippen LogP contribution in [0.3, 0.4) is 0 Å². The van der Waals surface area contributed by atoms with Gasteiger partial charge in [-0.1, -0.05) is 23.7 Å². The van der Waals surface area contributed by atoms with E-state index in [-0.39, 0.29) is 0 Å². The van der Waals surface area contributed by atoms with Gasteiger partial charge in [-0.2, -0.15) is 5.26 Å². The van der Waals surface area contributed by atoms with Crippen LogP contribution in [-0.2, 0) is 6.54 Å². The van der Waals surface area contributed by atoms with Gasteiger partial charge in [-0.3, -0.25) is 0 Å². The second-order valence-corrected chi connectivity index (χ2v) is 5.24. The highest BCUT2D eigenvalue weighted by molar-refractivity contribution is 6.30. The third kappa shape index (κ3) is 2.69. The molecule has 2 aromatic heterocycles. The first-order valence-electron chi connectivity index (χ1n) is 6.54. The van der Waals surface area contributed by atoms with Crippen LogP contribution in [0.1, 0.15) is 16.8 Å². The van der Waals surface area contributed by atoms with Crippen molar-refractivity contribution in [2.45, 2.75) is 13.5 Å². The molecule has 1 N–H and O–H groups in total. The van der Waals surface area contributed by atoms with Crippen molar-refractivity contribution in [3.05, 3.63) is 64.6 Å². The zero-order chi connectivity index (χ0) is 14.8. The SMILES string of the molecule is Cc1cccc(NCc2cn3cc(Cl)ccc3n2)c1C#N. The van der Waals surface area contributed by atoms with Crippen molar-refractivity contribution in [3.8, 4) is 6.07 Å². The molecule has 0 aliphatic heterocycles. The van der Waals surface area contributed by atoms with Crippen LogP contribution in [0.2, 0.25) is 5.02 Å². The van der Waals surface area contributed by atoms with Gasteiger partial charge in [-0.25, -0.2) is 4.98 Å². The Bertz CT molecular complexity index is 845. The van der Waals surface area contributed by atoms with Crippen LogP contribution in [0.25, 0.3) is 5.65 Å². The number of halogens is 1. The predicted molar refractivity (Wildman–Crippen MR) is 83.4 cm³/mol. The Labute approximate surface area is 127 Å². The molecule has 0 radical (unpaired) electrons. The zero-order valence-electron chi connectivity index (χ0n) is 11.5. The average Bonchev–Trinajstić information content (AvgIpc) is 2.87. The van der Waals surface area contributed by atoms with E-state index in [1.54, 1.807) is 0 Å². The summed E-state index contributed by atoms with van der Waals surface area (Å²) in [6.07, 6.45) is 3.75. The summed E-state index contributed by atoms with van der Waals surface area (Å²) >= 11 is 5.96. The van der Waals surface area contributed by atoms with Crippen molar-refractivity contribution in [1.29, 1.82) is 5.26 Å². The van der Waals surface area contributed by atoms with Gasteiger partial charge in [-0.05, 0) is 30.7 Å². The highest BCUT2D eigenvalue weighted by Gasteiger charge is 2.06. The molecule has 0 aliphatic carbocycles. The normalized spacial score (nSPS) is 10.5. The molecule has 3 rings (SSSR count). The topological polar surface area (TPSA) is 53.1 Å². The molecule has 2 heterocycles. The Balaban J connectivity index is 1.84. The second-order valence-electron chi connectivity index (χ2n) is 4.81. The minimum Gasteiger partial charge on any atom is -0.378 e. The summed E-state index contributed by atoms with van der Waals surface area (Å²) in [5.41, 5.74) is 4.20. The number of hydrogen-bond donors (Lipinski definition) is 1. The number of aryl methyl sites for hydroxylation is 1. The quantitative estimate of drug-likeness (QED) is 0.800.